The van der Waals surface area contributed by atoms with E-state index in [0.29, 0.717) is 18.3 Å². The standard InChI is InChI=1S/C14H21N3O3S/c18-14(11-7-9-21(19,20)10-11)16-13-6-8-15-17(13)12-4-2-1-3-5-12/h6,8,11-12H,1-5,7,9-10H2,(H,16,18). The Hall–Kier alpha value is -1.37. The zero-order chi connectivity index (χ0) is 14.9. The fraction of sp³-hybridized carbons (Fsp3) is 0.714. The molecule has 1 N–H and O–H groups in total. The lowest BCUT2D eigenvalue weighted by atomic mass is 9.96. The van der Waals surface area contributed by atoms with E-state index >= 15 is 0 Å². The predicted octanol–water partition coefficient (Wildman–Crippen LogP) is 1.76. The van der Waals surface area contributed by atoms with Crippen LogP contribution >= 0.6 is 0 Å². The summed E-state index contributed by atoms with van der Waals surface area (Å²) in [5.41, 5.74) is 0. The average Bonchev–Trinajstić information content (AvgIpc) is 3.06. The molecule has 21 heavy (non-hydrogen) atoms. The number of hydrogen-bond acceptors (Lipinski definition) is 4. The Bertz CT molecular complexity index is 617. The van der Waals surface area contributed by atoms with Gasteiger partial charge >= 0.3 is 0 Å². The fourth-order valence-corrected chi connectivity index (χ4v) is 5.00. The van der Waals surface area contributed by atoms with Gasteiger partial charge in [0.15, 0.2) is 9.84 Å². The van der Waals surface area contributed by atoms with Crippen molar-refractivity contribution < 1.29 is 13.2 Å². The van der Waals surface area contributed by atoms with Crippen molar-refractivity contribution in [3.63, 3.8) is 0 Å². The molecular weight excluding hydrogens is 290 g/mol. The van der Waals surface area contributed by atoms with E-state index in [0.717, 1.165) is 12.8 Å². The first kappa shape index (κ1) is 14.6. The molecule has 0 aromatic carbocycles. The maximum absolute atomic E-state index is 12.2. The zero-order valence-corrected chi connectivity index (χ0v) is 12.8. The molecule has 0 spiro atoms. The molecule has 1 unspecified atom stereocenters. The van der Waals surface area contributed by atoms with Crippen LogP contribution in [0.25, 0.3) is 0 Å². The molecule has 1 aromatic rings. The summed E-state index contributed by atoms with van der Waals surface area (Å²) in [4.78, 5) is 12.2. The van der Waals surface area contributed by atoms with Crippen molar-refractivity contribution in [2.24, 2.45) is 5.92 Å². The van der Waals surface area contributed by atoms with Crippen LogP contribution < -0.4 is 5.32 Å². The predicted molar refractivity (Wildman–Crippen MR) is 79.7 cm³/mol. The van der Waals surface area contributed by atoms with Gasteiger partial charge in [-0.2, -0.15) is 5.10 Å². The molecule has 2 aliphatic rings. The first-order valence-corrected chi connectivity index (χ1v) is 9.42. The Labute approximate surface area is 124 Å². The van der Waals surface area contributed by atoms with Gasteiger partial charge in [0, 0.05) is 6.07 Å². The SMILES string of the molecule is O=C(Nc1ccnn1C1CCCCC1)C1CCS(=O)(=O)C1. The van der Waals surface area contributed by atoms with Crippen LogP contribution in [0.4, 0.5) is 5.82 Å². The highest BCUT2D eigenvalue weighted by Gasteiger charge is 2.33. The molecular formula is C14H21N3O3S. The van der Waals surface area contributed by atoms with E-state index in [1.165, 1.54) is 19.3 Å². The quantitative estimate of drug-likeness (QED) is 0.922. The van der Waals surface area contributed by atoms with E-state index in [1.54, 1.807) is 12.3 Å². The molecule has 3 rings (SSSR count). The lowest BCUT2D eigenvalue weighted by Crippen LogP contribution is -2.26. The summed E-state index contributed by atoms with van der Waals surface area (Å²) in [7, 11) is -3.03. The Morgan fingerprint density at radius 1 is 1.24 bits per heavy atom. The number of anilines is 1. The number of nitrogens with one attached hydrogen (secondary N) is 1. The first-order chi connectivity index (χ1) is 10.1. The molecule has 1 aromatic heterocycles. The van der Waals surface area contributed by atoms with Crippen LogP contribution in [0.2, 0.25) is 0 Å². The Morgan fingerprint density at radius 2 is 2.00 bits per heavy atom. The highest BCUT2D eigenvalue weighted by atomic mass is 32.2. The summed E-state index contributed by atoms with van der Waals surface area (Å²) in [6.07, 6.45) is 7.93. The van der Waals surface area contributed by atoms with Crippen LogP contribution in [0.3, 0.4) is 0 Å². The highest BCUT2D eigenvalue weighted by Crippen LogP contribution is 2.30. The third-order valence-electron chi connectivity index (χ3n) is 4.45. The van der Waals surface area contributed by atoms with E-state index in [9.17, 15) is 13.2 Å². The third kappa shape index (κ3) is 3.28. The summed E-state index contributed by atoms with van der Waals surface area (Å²) in [6.45, 7) is 0. The maximum atomic E-state index is 12.2. The molecule has 1 atom stereocenters. The number of sulfone groups is 1. The van der Waals surface area contributed by atoms with Crippen molar-refractivity contribution >= 4 is 21.6 Å². The molecule has 0 bridgehead atoms. The maximum Gasteiger partial charge on any atom is 0.229 e. The molecule has 1 aliphatic heterocycles. The smallest absolute Gasteiger partial charge is 0.229 e. The summed E-state index contributed by atoms with van der Waals surface area (Å²) < 4.78 is 24.8. The van der Waals surface area contributed by atoms with Gasteiger partial charge in [0.25, 0.3) is 0 Å². The number of carbonyl (C=O) groups excluding carboxylic acids is 1. The van der Waals surface area contributed by atoms with E-state index < -0.39 is 15.8 Å². The van der Waals surface area contributed by atoms with Crippen molar-refractivity contribution in [1.82, 2.24) is 9.78 Å². The van der Waals surface area contributed by atoms with Gasteiger partial charge < -0.3 is 5.32 Å². The lowest BCUT2D eigenvalue weighted by Gasteiger charge is -2.24. The summed E-state index contributed by atoms with van der Waals surface area (Å²) in [5, 5.41) is 7.20. The van der Waals surface area contributed by atoms with Crippen LogP contribution in [0.1, 0.15) is 44.6 Å². The van der Waals surface area contributed by atoms with Gasteiger partial charge in [-0.1, -0.05) is 19.3 Å². The molecule has 1 aliphatic carbocycles. The molecule has 116 valence electrons. The molecule has 1 saturated carbocycles. The van der Waals surface area contributed by atoms with E-state index in [4.69, 9.17) is 0 Å². The topological polar surface area (TPSA) is 81.1 Å². The van der Waals surface area contributed by atoms with Gasteiger partial charge in [-0.15, -0.1) is 0 Å². The minimum absolute atomic E-state index is 0.0314. The van der Waals surface area contributed by atoms with Gasteiger partial charge in [0.05, 0.1) is 29.7 Å². The van der Waals surface area contributed by atoms with Crippen molar-refractivity contribution in [3.05, 3.63) is 12.3 Å². The van der Waals surface area contributed by atoms with Crippen molar-refractivity contribution in [2.75, 3.05) is 16.8 Å². The summed E-state index contributed by atoms with van der Waals surface area (Å²) >= 11 is 0. The van der Waals surface area contributed by atoms with E-state index in [2.05, 4.69) is 10.4 Å². The van der Waals surface area contributed by atoms with Crippen LogP contribution in [-0.4, -0.2) is 35.6 Å². The Balaban J connectivity index is 1.68. The fourth-order valence-electron chi connectivity index (χ4n) is 3.26. The number of carbonyl (C=O) groups is 1. The molecule has 7 heteroatoms. The van der Waals surface area contributed by atoms with Gasteiger partial charge in [0.1, 0.15) is 5.82 Å². The average molecular weight is 311 g/mol. The molecule has 1 amide bonds. The monoisotopic (exact) mass is 311 g/mol. The number of nitrogens with zero attached hydrogens (tertiary/aromatic N) is 2. The number of amides is 1. The van der Waals surface area contributed by atoms with Crippen LogP contribution in [0.15, 0.2) is 12.3 Å². The normalized spacial score (nSPS) is 25.8. The molecule has 1 saturated heterocycles. The second kappa shape index (κ2) is 5.79. The van der Waals surface area contributed by atoms with Crippen LogP contribution in [-0.2, 0) is 14.6 Å². The second-order valence-corrected chi connectivity index (χ2v) is 8.27. The van der Waals surface area contributed by atoms with Crippen LogP contribution in [0, 0.1) is 5.92 Å². The summed E-state index contributed by atoms with van der Waals surface area (Å²) in [6, 6.07) is 2.13. The Morgan fingerprint density at radius 3 is 2.67 bits per heavy atom. The molecule has 6 nitrogen and oxygen atoms in total. The molecule has 2 heterocycles. The van der Waals surface area contributed by atoms with Crippen LogP contribution in [0.5, 0.6) is 0 Å². The van der Waals surface area contributed by atoms with Gasteiger partial charge in [-0.3, -0.25) is 4.79 Å². The Kier molecular flexibility index (Phi) is 4.01. The largest absolute Gasteiger partial charge is 0.311 e. The zero-order valence-electron chi connectivity index (χ0n) is 12.0. The third-order valence-corrected chi connectivity index (χ3v) is 6.21. The minimum atomic E-state index is -3.03. The van der Waals surface area contributed by atoms with E-state index in [1.807, 2.05) is 4.68 Å². The van der Waals surface area contributed by atoms with Crippen molar-refractivity contribution in [2.45, 2.75) is 44.6 Å². The number of hydrogen-bond donors (Lipinski definition) is 1. The van der Waals surface area contributed by atoms with E-state index in [-0.39, 0.29) is 17.4 Å². The second-order valence-electron chi connectivity index (χ2n) is 6.04. The summed E-state index contributed by atoms with van der Waals surface area (Å²) in [5.74, 6) is 0.151. The van der Waals surface area contributed by atoms with Gasteiger partial charge in [0.2, 0.25) is 5.91 Å². The van der Waals surface area contributed by atoms with Gasteiger partial charge in [-0.25, -0.2) is 13.1 Å². The molecule has 0 radical (unpaired) electrons. The van der Waals surface area contributed by atoms with Crippen molar-refractivity contribution in [1.29, 1.82) is 0 Å². The first-order valence-electron chi connectivity index (χ1n) is 7.60. The number of rotatable bonds is 3. The highest BCUT2D eigenvalue weighted by molar-refractivity contribution is 7.91. The minimum Gasteiger partial charge on any atom is -0.311 e. The van der Waals surface area contributed by atoms with Gasteiger partial charge in [-0.05, 0) is 19.3 Å². The van der Waals surface area contributed by atoms with Crippen molar-refractivity contribution in [3.8, 4) is 0 Å². The lowest BCUT2D eigenvalue weighted by molar-refractivity contribution is -0.119. The number of aromatic nitrogens is 2. The molecule has 2 fully saturated rings.